The lowest BCUT2D eigenvalue weighted by Crippen LogP contribution is -2.33. The molecule has 0 amide bonds. The SMILES string of the molecule is Cc1ccccc1-c1noc(CCc2nnc3ccc(N4CCC(C)CC4)nn23)n1. The van der Waals surface area contributed by atoms with Crippen LogP contribution in [0, 0.1) is 12.8 Å². The first-order chi connectivity index (χ1) is 14.7. The van der Waals surface area contributed by atoms with Gasteiger partial charge in [-0.2, -0.15) is 9.50 Å². The Morgan fingerprint density at radius 1 is 1.03 bits per heavy atom. The van der Waals surface area contributed by atoms with Crippen LogP contribution in [0.5, 0.6) is 0 Å². The molecule has 0 N–H and O–H groups in total. The minimum Gasteiger partial charge on any atom is -0.355 e. The molecule has 4 aromatic rings. The zero-order chi connectivity index (χ0) is 20.5. The zero-order valence-electron chi connectivity index (χ0n) is 17.3. The third-order valence-electron chi connectivity index (χ3n) is 5.84. The molecule has 1 saturated heterocycles. The van der Waals surface area contributed by atoms with Gasteiger partial charge in [-0.15, -0.1) is 15.3 Å². The van der Waals surface area contributed by atoms with Crippen LogP contribution >= 0.6 is 0 Å². The van der Waals surface area contributed by atoms with Crippen molar-refractivity contribution in [3.05, 3.63) is 53.7 Å². The van der Waals surface area contributed by atoms with Gasteiger partial charge in [0, 0.05) is 31.5 Å². The smallest absolute Gasteiger partial charge is 0.227 e. The zero-order valence-corrected chi connectivity index (χ0v) is 17.3. The number of rotatable bonds is 5. The molecule has 154 valence electrons. The maximum Gasteiger partial charge on any atom is 0.227 e. The van der Waals surface area contributed by atoms with Crippen molar-refractivity contribution < 1.29 is 4.52 Å². The normalized spacial score (nSPS) is 15.2. The predicted octanol–water partition coefficient (Wildman–Crippen LogP) is 3.50. The van der Waals surface area contributed by atoms with Crippen molar-refractivity contribution in [3.63, 3.8) is 0 Å². The summed E-state index contributed by atoms with van der Waals surface area (Å²) in [7, 11) is 0. The number of aromatic nitrogens is 6. The third kappa shape index (κ3) is 3.65. The van der Waals surface area contributed by atoms with Gasteiger partial charge >= 0.3 is 0 Å². The summed E-state index contributed by atoms with van der Waals surface area (Å²) >= 11 is 0. The Morgan fingerprint density at radius 2 is 1.87 bits per heavy atom. The van der Waals surface area contributed by atoms with Crippen molar-refractivity contribution in [2.24, 2.45) is 5.92 Å². The Labute approximate surface area is 174 Å². The van der Waals surface area contributed by atoms with E-state index in [1.165, 1.54) is 12.8 Å². The van der Waals surface area contributed by atoms with Gasteiger partial charge in [-0.3, -0.25) is 0 Å². The van der Waals surface area contributed by atoms with E-state index in [2.05, 4.69) is 32.2 Å². The summed E-state index contributed by atoms with van der Waals surface area (Å²) in [4.78, 5) is 6.90. The first-order valence-electron chi connectivity index (χ1n) is 10.5. The number of nitrogens with zero attached hydrogens (tertiary/aromatic N) is 7. The average Bonchev–Trinajstić information content (AvgIpc) is 3.40. The summed E-state index contributed by atoms with van der Waals surface area (Å²) < 4.78 is 7.31. The molecular formula is C22H25N7O. The average molecular weight is 403 g/mol. The summed E-state index contributed by atoms with van der Waals surface area (Å²) in [5, 5.41) is 17.5. The molecule has 0 spiro atoms. The van der Waals surface area contributed by atoms with Crippen LogP contribution in [-0.2, 0) is 12.8 Å². The molecule has 30 heavy (non-hydrogen) atoms. The van der Waals surface area contributed by atoms with Crippen molar-refractivity contribution in [2.45, 2.75) is 39.5 Å². The molecule has 1 aliphatic rings. The molecule has 5 rings (SSSR count). The van der Waals surface area contributed by atoms with E-state index in [-0.39, 0.29) is 0 Å². The van der Waals surface area contributed by atoms with Crippen molar-refractivity contribution in [3.8, 4) is 11.4 Å². The molecule has 1 aliphatic heterocycles. The maximum absolute atomic E-state index is 5.47. The first-order valence-corrected chi connectivity index (χ1v) is 10.5. The second kappa shape index (κ2) is 7.85. The number of anilines is 1. The maximum atomic E-state index is 5.47. The Bertz CT molecular complexity index is 1160. The van der Waals surface area contributed by atoms with Gasteiger partial charge in [0.2, 0.25) is 11.7 Å². The Morgan fingerprint density at radius 3 is 2.70 bits per heavy atom. The predicted molar refractivity (Wildman–Crippen MR) is 113 cm³/mol. The van der Waals surface area contributed by atoms with Crippen LogP contribution in [0.3, 0.4) is 0 Å². The summed E-state index contributed by atoms with van der Waals surface area (Å²) in [6, 6.07) is 12.0. The van der Waals surface area contributed by atoms with Crippen molar-refractivity contribution >= 4 is 11.5 Å². The summed E-state index contributed by atoms with van der Waals surface area (Å²) in [5.74, 6) is 3.78. The number of hydrogen-bond donors (Lipinski definition) is 0. The van der Waals surface area contributed by atoms with E-state index in [4.69, 9.17) is 9.62 Å². The quantitative estimate of drug-likeness (QED) is 0.504. The van der Waals surface area contributed by atoms with Gasteiger partial charge in [0.05, 0.1) is 0 Å². The van der Waals surface area contributed by atoms with Crippen LogP contribution < -0.4 is 4.90 Å². The molecule has 0 aliphatic carbocycles. The summed E-state index contributed by atoms with van der Waals surface area (Å²) in [6.45, 7) is 6.44. The van der Waals surface area contributed by atoms with Crippen molar-refractivity contribution in [1.82, 2.24) is 30.0 Å². The van der Waals surface area contributed by atoms with Gasteiger partial charge < -0.3 is 9.42 Å². The molecule has 3 aromatic heterocycles. The van der Waals surface area contributed by atoms with Gasteiger partial charge in [-0.1, -0.05) is 36.3 Å². The molecule has 0 bridgehead atoms. The van der Waals surface area contributed by atoms with E-state index >= 15 is 0 Å². The molecular weight excluding hydrogens is 378 g/mol. The van der Waals surface area contributed by atoms with Crippen molar-refractivity contribution in [1.29, 1.82) is 0 Å². The van der Waals surface area contributed by atoms with Crippen molar-refractivity contribution in [2.75, 3.05) is 18.0 Å². The second-order valence-electron chi connectivity index (χ2n) is 8.07. The minimum absolute atomic E-state index is 0.589. The molecule has 1 fully saturated rings. The number of hydrogen-bond acceptors (Lipinski definition) is 7. The van der Waals surface area contributed by atoms with E-state index in [0.717, 1.165) is 47.4 Å². The fraction of sp³-hybridized carbons (Fsp3) is 0.409. The highest BCUT2D eigenvalue weighted by Gasteiger charge is 2.19. The Balaban J connectivity index is 1.32. The first kappa shape index (κ1) is 18.7. The van der Waals surface area contributed by atoms with Gasteiger partial charge in [0.15, 0.2) is 11.5 Å². The van der Waals surface area contributed by atoms with E-state index in [9.17, 15) is 0 Å². The molecule has 0 atom stereocenters. The lowest BCUT2D eigenvalue weighted by atomic mass is 9.99. The topological polar surface area (TPSA) is 85.2 Å². The second-order valence-corrected chi connectivity index (χ2v) is 8.07. The number of piperidine rings is 1. The molecule has 4 heterocycles. The van der Waals surface area contributed by atoms with Gasteiger partial charge in [-0.25, -0.2) is 0 Å². The van der Waals surface area contributed by atoms with Crippen LogP contribution in [0.2, 0.25) is 0 Å². The molecule has 0 radical (unpaired) electrons. The van der Waals surface area contributed by atoms with Crippen LogP contribution in [0.1, 0.15) is 37.0 Å². The van der Waals surface area contributed by atoms with Crippen LogP contribution in [0.15, 0.2) is 40.9 Å². The van der Waals surface area contributed by atoms with E-state index in [1.54, 1.807) is 0 Å². The van der Waals surface area contributed by atoms with Gasteiger partial charge in [0.1, 0.15) is 5.82 Å². The van der Waals surface area contributed by atoms with E-state index in [1.807, 2.05) is 47.8 Å². The summed E-state index contributed by atoms with van der Waals surface area (Å²) in [5.41, 5.74) is 2.87. The van der Waals surface area contributed by atoms with Crippen LogP contribution in [0.4, 0.5) is 5.82 Å². The largest absolute Gasteiger partial charge is 0.355 e. The lowest BCUT2D eigenvalue weighted by Gasteiger charge is -2.30. The van der Waals surface area contributed by atoms with E-state index in [0.29, 0.717) is 24.6 Å². The van der Waals surface area contributed by atoms with Gasteiger partial charge in [0.25, 0.3) is 0 Å². The van der Waals surface area contributed by atoms with Gasteiger partial charge in [-0.05, 0) is 43.4 Å². The van der Waals surface area contributed by atoms with Crippen LogP contribution in [0.25, 0.3) is 17.0 Å². The fourth-order valence-electron chi connectivity index (χ4n) is 3.89. The monoisotopic (exact) mass is 403 g/mol. The summed E-state index contributed by atoms with van der Waals surface area (Å²) in [6.07, 6.45) is 3.63. The molecule has 0 unspecified atom stereocenters. The molecule has 8 nitrogen and oxygen atoms in total. The molecule has 1 aromatic carbocycles. The Kier molecular flexibility index (Phi) is 4.90. The van der Waals surface area contributed by atoms with E-state index < -0.39 is 0 Å². The number of benzene rings is 1. The molecule has 8 heteroatoms. The van der Waals surface area contributed by atoms with Crippen LogP contribution in [-0.4, -0.2) is 43.0 Å². The third-order valence-corrected chi connectivity index (χ3v) is 5.84. The number of fused-ring (bicyclic) bond motifs is 1. The fourth-order valence-corrected chi connectivity index (χ4v) is 3.89. The lowest BCUT2D eigenvalue weighted by molar-refractivity contribution is 0.377. The highest BCUT2D eigenvalue weighted by atomic mass is 16.5. The Hall–Kier alpha value is -3.29. The molecule has 0 saturated carbocycles. The minimum atomic E-state index is 0.589. The highest BCUT2D eigenvalue weighted by Crippen LogP contribution is 2.22. The highest BCUT2D eigenvalue weighted by molar-refractivity contribution is 5.58. The number of aryl methyl sites for hydroxylation is 3. The standard InChI is InChI=1S/C22H25N7O/c1-15-11-13-28(14-12-15)20-8-7-18-24-25-19(29(18)26-20)9-10-21-23-22(27-30-21)17-6-4-3-5-16(17)2/h3-8,15H,9-14H2,1-2H3.